The quantitative estimate of drug-likeness (QED) is 0.857. The lowest BCUT2D eigenvalue weighted by Gasteiger charge is -2.22. The average molecular weight is 332 g/mol. The second-order valence-electron chi connectivity index (χ2n) is 5.83. The van der Waals surface area contributed by atoms with Crippen LogP contribution in [0.15, 0.2) is 16.3 Å². The van der Waals surface area contributed by atoms with Crippen molar-refractivity contribution in [2.24, 2.45) is 5.92 Å². The number of sulfonamides is 1. The van der Waals surface area contributed by atoms with E-state index >= 15 is 0 Å². The third-order valence-electron chi connectivity index (χ3n) is 3.98. The lowest BCUT2D eigenvalue weighted by molar-refractivity contribution is 0.263. The van der Waals surface area contributed by atoms with Crippen molar-refractivity contribution in [1.82, 2.24) is 14.5 Å². The number of likely N-dealkylation sites (N-methyl/N-ethyl adjacent to an activating group) is 1. The maximum absolute atomic E-state index is 12.7. The third-order valence-corrected chi connectivity index (χ3v) is 7.37. The molecule has 0 spiro atoms. The maximum atomic E-state index is 12.7. The van der Waals surface area contributed by atoms with E-state index in [0.717, 1.165) is 18.0 Å². The van der Waals surface area contributed by atoms with Crippen LogP contribution in [-0.2, 0) is 16.6 Å². The minimum absolute atomic E-state index is 0.293. The molecule has 1 aromatic rings. The topological polar surface area (TPSA) is 52.7 Å². The summed E-state index contributed by atoms with van der Waals surface area (Å²) in [5.74, 6) is 0.357. The van der Waals surface area contributed by atoms with Gasteiger partial charge in [0.1, 0.15) is 4.21 Å². The fraction of sp³-hybridized carbons (Fsp3) is 0.714. The molecular weight excluding hydrogens is 306 g/mol. The molecule has 1 aliphatic heterocycles. The normalized spacial score (nSPS) is 24.0. The second kappa shape index (κ2) is 6.75. The van der Waals surface area contributed by atoms with E-state index < -0.39 is 10.0 Å². The molecule has 0 amide bonds. The highest BCUT2D eigenvalue weighted by Gasteiger charge is 2.38. The number of hydrogen-bond acceptors (Lipinski definition) is 5. The average Bonchev–Trinajstić information content (AvgIpc) is 3.03. The summed E-state index contributed by atoms with van der Waals surface area (Å²) in [4.78, 5) is 3.18. The van der Waals surface area contributed by atoms with Gasteiger partial charge < -0.3 is 10.2 Å². The Hall–Kier alpha value is -0.470. The Morgan fingerprint density at radius 3 is 2.67 bits per heavy atom. The number of nitrogens with one attached hydrogen (secondary N) is 1. The summed E-state index contributed by atoms with van der Waals surface area (Å²) < 4.78 is 27.6. The number of nitrogens with zero attached hydrogens (tertiary/aromatic N) is 2. The summed E-state index contributed by atoms with van der Waals surface area (Å²) >= 11 is 1.37. The minimum atomic E-state index is -3.34. The summed E-state index contributed by atoms with van der Waals surface area (Å²) in [5, 5.41) is 3.22. The van der Waals surface area contributed by atoms with Gasteiger partial charge in [0, 0.05) is 30.6 Å². The van der Waals surface area contributed by atoms with E-state index in [9.17, 15) is 8.42 Å². The van der Waals surface area contributed by atoms with Crippen molar-refractivity contribution in [3.05, 3.63) is 17.0 Å². The van der Waals surface area contributed by atoms with E-state index in [4.69, 9.17) is 0 Å². The molecule has 2 atom stereocenters. The van der Waals surface area contributed by atoms with Gasteiger partial charge >= 0.3 is 0 Å². The van der Waals surface area contributed by atoms with E-state index in [1.54, 1.807) is 10.4 Å². The zero-order valence-electron chi connectivity index (χ0n) is 13.2. The van der Waals surface area contributed by atoms with Crippen LogP contribution < -0.4 is 5.32 Å². The standard InChI is InChI=1S/C14H25N3O2S2/c1-5-15-8-12-6-7-14(20-12)21(18,19)17-9-11(2)13(10-17)16(3)4/h6-7,11,13,15H,5,8-10H2,1-4H3. The van der Waals surface area contributed by atoms with Crippen molar-refractivity contribution in [1.29, 1.82) is 0 Å². The fourth-order valence-corrected chi connectivity index (χ4v) is 5.78. The highest BCUT2D eigenvalue weighted by atomic mass is 32.2. The van der Waals surface area contributed by atoms with Crippen LogP contribution in [0, 0.1) is 5.92 Å². The molecule has 2 unspecified atom stereocenters. The van der Waals surface area contributed by atoms with Gasteiger partial charge in [-0.05, 0) is 38.7 Å². The molecule has 21 heavy (non-hydrogen) atoms. The van der Waals surface area contributed by atoms with Crippen LogP contribution >= 0.6 is 11.3 Å². The molecule has 0 aromatic carbocycles. The Kier molecular flexibility index (Phi) is 5.43. The number of thiophene rings is 1. The zero-order chi connectivity index (χ0) is 15.6. The molecule has 2 heterocycles. The Balaban J connectivity index is 2.13. The van der Waals surface area contributed by atoms with E-state index in [0.29, 0.717) is 29.3 Å². The molecule has 1 aromatic heterocycles. The zero-order valence-corrected chi connectivity index (χ0v) is 14.8. The van der Waals surface area contributed by atoms with Crippen molar-refractivity contribution in [3.8, 4) is 0 Å². The summed E-state index contributed by atoms with van der Waals surface area (Å²) in [6.45, 7) is 6.95. The van der Waals surface area contributed by atoms with Crippen LogP contribution in [0.2, 0.25) is 0 Å². The lowest BCUT2D eigenvalue weighted by atomic mass is 10.1. The van der Waals surface area contributed by atoms with Gasteiger partial charge in [-0.1, -0.05) is 13.8 Å². The Morgan fingerprint density at radius 1 is 1.38 bits per heavy atom. The Labute approximate surface area is 132 Å². The first-order valence-corrected chi connectivity index (χ1v) is 9.58. The Bertz CT molecular complexity index is 569. The largest absolute Gasteiger partial charge is 0.312 e. The summed E-state index contributed by atoms with van der Waals surface area (Å²) in [5.41, 5.74) is 0. The number of rotatable bonds is 6. The minimum Gasteiger partial charge on any atom is -0.312 e. The van der Waals surface area contributed by atoms with Crippen molar-refractivity contribution in [3.63, 3.8) is 0 Å². The molecule has 0 aliphatic carbocycles. The van der Waals surface area contributed by atoms with Crippen LogP contribution in [-0.4, -0.2) is 57.4 Å². The molecule has 7 heteroatoms. The first-order chi connectivity index (χ1) is 9.86. The molecule has 1 fully saturated rings. The molecule has 0 bridgehead atoms. The Morgan fingerprint density at radius 2 is 2.10 bits per heavy atom. The van der Waals surface area contributed by atoms with Gasteiger partial charge in [-0.2, -0.15) is 4.31 Å². The van der Waals surface area contributed by atoms with Gasteiger partial charge in [0.15, 0.2) is 0 Å². The summed E-state index contributed by atoms with van der Waals surface area (Å²) in [7, 11) is 0.677. The van der Waals surface area contributed by atoms with E-state index in [2.05, 4.69) is 17.1 Å². The summed E-state index contributed by atoms with van der Waals surface area (Å²) in [6, 6.07) is 3.93. The van der Waals surface area contributed by atoms with Crippen molar-refractivity contribution in [2.45, 2.75) is 30.6 Å². The monoisotopic (exact) mass is 331 g/mol. The van der Waals surface area contributed by atoms with Crippen molar-refractivity contribution >= 4 is 21.4 Å². The lowest BCUT2D eigenvalue weighted by Crippen LogP contribution is -2.35. The molecule has 5 nitrogen and oxygen atoms in total. The van der Waals surface area contributed by atoms with E-state index in [1.165, 1.54) is 11.3 Å². The van der Waals surface area contributed by atoms with E-state index in [-0.39, 0.29) is 0 Å². The second-order valence-corrected chi connectivity index (χ2v) is 9.16. The predicted molar refractivity (Wildman–Crippen MR) is 87.1 cm³/mol. The first kappa shape index (κ1) is 16.9. The highest BCUT2D eigenvalue weighted by molar-refractivity contribution is 7.91. The van der Waals surface area contributed by atoms with Crippen LogP contribution in [0.25, 0.3) is 0 Å². The maximum Gasteiger partial charge on any atom is 0.252 e. The van der Waals surface area contributed by atoms with Gasteiger partial charge in [0.2, 0.25) is 0 Å². The SMILES string of the molecule is CCNCc1ccc(S(=O)(=O)N2CC(C)C(N(C)C)C2)s1. The van der Waals surface area contributed by atoms with E-state index in [1.807, 2.05) is 27.1 Å². The van der Waals surface area contributed by atoms with Crippen molar-refractivity contribution in [2.75, 3.05) is 33.7 Å². The van der Waals surface area contributed by atoms with Crippen molar-refractivity contribution < 1.29 is 8.42 Å². The molecule has 1 aliphatic rings. The van der Waals surface area contributed by atoms with Gasteiger partial charge in [0.05, 0.1) is 0 Å². The van der Waals surface area contributed by atoms with Gasteiger partial charge in [-0.25, -0.2) is 8.42 Å². The van der Waals surface area contributed by atoms with Crippen LogP contribution in [0.4, 0.5) is 0 Å². The molecule has 1 saturated heterocycles. The van der Waals surface area contributed by atoms with Crippen LogP contribution in [0.5, 0.6) is 0 Å². The molecule has 2 rings (SSSR count). The molecular formula is C14H25N3O2S2. The van der Waals surface area contributed by atoms with Gasteiger partial charge in [-0.3, -0.25) is 0 Å². The summed E-state index contributed by atoms with van der Waals surface area (Å²) in [6.07, 6.45) is 0. The number of hydrogen-bond donors (Lipinski definition) is 1. The molecule has 0 radical (unpaired) electrons. The fourth-order valence-electron chi connectivity index (χ4n) is 2.74. The van der Waals surface area contributed by atoms with Crippen LogP contribution in [0.1, 0.15) is 18.7 Å². The highest BCUT2D eigenvalue weighted by Crippen LogP contribution is 2.30. The third kappa shape index (κ3) is 3.65. The first-order valence-electron chi connectivity index (χ1n) is 7.32. The predicted octanol–water partition coefficient (Wildman–Crippen LogP) is 1.43. The molecule has 0 saturated carbocycles. The molecule has 1 N–H and O–H groups in total. The van der Waals surface area contributed by atoms with Gasteiger partial charge in [0.25, 0.3) is 10.0 Å². The van der Waals surface area contributed by atoms with Crippen LogP contribution in [0.3, 0.4) is 0 Å². The van der Waals surface area contributed by atoms with Gasteiger partial charge in [-0.15, -0.1) is 11.3 Å². The molecule has 120 valence electrons. The smallest absolute Gasteiger partial charge is 0.252 e.